The number of hydrogen-bond donors (Lipinski definition) is 2. The van der Waals surface area contributed by atoms with Gasteiger partial charge in [-0.15, -0.1) is 0 Å². The Morgan fingerprint density at radius 1 is 1.53 bits per heavy atom. The fourth-order valence-electron chi connectivity index (χ4n) is 0.987. The minimum absolute atomic E-state index is 0.0251. The zero-order valence-electron chi connectivity index (χ0n) is 8.20. The number of hydrogen-bond acceptors (Lipinski definition) is 3. The Balaban J connectivity index is 2.74. The smallest absolute Gasteiger partial charge is 0.138 e. The van der Waals surface area contributed by atoms with Crippen LogP contribution in [-0.2, 0) is 0 Å². The van der Waals surface area contributed by atoms with Gasteiger partial charge in [0.05, 0.1) is 11.6 Å². The third-order valence-electron chi connectivity index (χ3n) is 1.93. The van der Waals surface area contributed by atoms with Crippen LogP contribution in [0.1, 0.15) is 5.56 Å². The molecule has 15 heavy (non-hydrogen) atoms. The van der Waals surface area contributed by atoms with Crippen molar-refractivity contribution in [3.63, 3.8) is 0 Å². The second kappa shape index (κ2) is 5.70. The molecular weight excluding hydrogens is 283 g/mol. The van der Waals surface area contributed by atoms with E-state index < -0.39 is 6.10 Å². The lowest BCUT2D eigenvalue weighted by molar-refractivity contribution is 0.0536. The van der Waals surface area contributed by atoms with E-state index in [1.165, 1.54) is 0 Å². The van der Waals surface area contributed by atoms with E-state index in [0.29, 0.717) is 10.8 Å². The molecule has 0 bridgehead atoms. The highest BCUT2D eigenvalue weighted by Crippen LogP contribution is 2.32. The molecule has 1 atom stereocenters. The normalized spacial score (nSPS) is 12.6. The lowest BCUT2D eigenvalue weighted by Crippen LogP contribution is -2.21. The predicted molar refractivity (Wildman–Crippen MR) is 62.5 cm³/mol. The summed E-state index contributed by atoms with van der Waals surface area (Å²) < 4.78 is 6.17. The number of halogens is 2. The van der Waals surface area contributed by atoms with Crippen molar-refractivity contribution in [2.45, 2.75) is 13.0 Å². The van der Waals surface area contributed by atoms with Crippen LogP contribution in [0.4, 0.5) is 0 Å². The van der Waals surface area contributed by atoms with Crippen LogP contribution in [0.15, 0.2) is 16.6 Å². The van der Waals surface area contributed by atoms with Crippen LogP contribution in [0.2, 0.25) is 5.02 Å². The maximum atomic E-state index is 9.11. The lowest BCUT2D eigenvalue weighted by atomic mass is 10.2. The quantitative estimate of drug-likeness (QED) is 0.895. The van der Waals surface area contributed by atoms with Crippen molar-refractivity contribution in [2.75, 3.05) is 13.2 Å². The molecule has 0 saturated carbocycles. The summed E-state index contributed by atoms with van der Waals surface area (Å²) in [6.07, 6.45) is -0.884. The highest BCUT2D eigenvalue weighted by Gasteiger charge is 2.09. The Morgan fingerprint density at radius 2 is 2.20 bits per heavy atom. The average Bonchev–Trinajstić information content (AvgIpc) is 2.24. The summed E-state index contributed by atoms with van der Waals surface area (Å²) in [7, 11) is 0. The molecule has 84 valence electrons. The second-order valence-corrected chi connectivity index (χ2v) is 4.36. The minimum Gasteiger partial charge on any atom is -0.489 e. The van der Waals surface area contributed by atoms with E-state index in [0.717, 1.165) is 10.0 Å². The summed E-state index contributed by atoms with van der Waals surface area (Å²) in [5.74, 6) is 0.505. The average molecular weight is 296 g/mol. The number of benzene rings is 1. The maximum Gasteiger partial charge on any atom is 0.138 e. The topological polar surface area (TPSA) is 49.7 Å². The van der Waals surface area contributed by atoms with Crippen molar-refractivity contribution in [3.8, 4) is 5.75 Å². The molecule has 1 rings (SSSR count). The number of rotatable bonds is 4. The Morgan fingerprint density at radius 3 is 2.80 bits per heavy atom. The molecular formula is C10H12BrClO3. The molecule has 1 aromatic rings. The summed E-state index contributed by atoms with van der Waals surface area (Å²) in [4.78, 5) is 0. The van der Waals surface area contributed by atoms with Gasteiger partial charge in [0.15, 0.2) is 0 Å². The minimum atomic E-state index is -0.884. The zero-order chi connectivity index (χ0) is 11.4. The Labute approximate surface area is 102 Å². The van der Waals surface area contributed by atoms with Crippen molar-refractivity contribution in [1.29, 1.82) is 0 Å². The van der Waals surface area contributed by atoms with E-state index in [4.69, 9.17) is 26.6 Å². The van der Waals surface area contributed by atoms with Gasteiger partial charge in [0, 0.05) is 4.47 Å². The van der Waals surface area contributed by atoms with Crippen LogP contribution in [0, 0.1) is 6.92 Å². The molecule has 2 N–H and O–H groups in total. The van der Waals surface area contributed by atoms with E-state index in [-0.39, 0.29) is 13.2 Å². The summed E-state index contributed by atoms with van der Waals surface area (Å²) in [6, 6.07) is 3.53. The highest BCUT2D eigenvalue weighted by molar-refractivity contribution is 9.10. The van der Waals surface area contributed by atoms with Gasteiger partial charge in [-0.05, 0) is 24.6 Å². The van der Waals surface area contributed by atoms with Crippen molar-refractivity contribution in [3.05, 3.63) is 27.2 Å². The first-order valence-electron chi connectivity index (χ1n) is 4.42. The summed E-state index contributed by atoms with van der Waals surface area (Å²) in [5, 5.41) is 18.2. The summed E-state index contributed by atoms with van der Waals surface area (Å²) in [6.45, 7) is 1.56. The first kappa shape index (κ1) is 12.8. The predicted octanol–water partition coefficient (Wildman–Crippen LogP) is 2.14. The van der Waals surface area contributed by atoms with Crippen LogP contribution in [-0.4, -0.2) is 29.5 Å². The van der Waals surface area contributed by atoms with Gasteiger partial charge in [0.2, 0.25) is 0 Å². The van der Waals surface area contributed by atoms with Crippen LogP contribution in [0.25, 0.3) is 0 Å². The van der Waals surface area contributed by atoms with E-state index in [1.807, 2.05) is 13.0 Å². The lowest BCUT2D eigenvalue weighted by Gasteiger charge is -2.12. The molecule has 0 unspecified atom stereocenters. The molecule has 5 heteroatoms. The van der Waals surface area contributed by atoms with Crippen LogP contribution in [0.3, 0.4) is 0 Å². The number of ether oxygens (including phenoxy) is 1. The van der Waals surface area contributed by atoms with Crippen molar-refractivity contribution in [2.24, 2.45) is 0 Å². The molecule has 0 aliphatic carbocycles. The first-order chi connectivity index (χ1) is 7.06. The van der Waals surface area contributed by atoms with E-state index >= 15 is 0 Å². The molecule has 0 saturated heterocycles. The molecule has 0 radical (unpaired) electrons. The van der Waals surface area contributed by atoms with Gasteiger partial charge >= 0.3 is 0 Å². The fourth-order valence-corrected chi connectivity index (χ4v) is 1.65. The third-order valence-corrected chi connectivity index (χ3v) is 3.26. The molecule has 1 aromatic carbocycles. The van der Waals surface area contributed by atoms with Gasteiger partial charge in [0.1, 0.15) is 18.5 Å². The van der Waals surface area contributed by atoms with Gasteiger partial charge in [0.25, 0.3) is 0 Å². The van der Waals surface area contributed by atoms with Gasteiger partial charge in [-0.25, -0.2) is 0 Å². The van der Waals surface area contributed by atoms with Crippen molar-refractivity contribution in [1.82, 2.24) is 0 Å². The summed E-state index contributed by atoms with van der Waals surface area (Å²) in [5.41, 5.74) is 0.882. The first-order valence-corrected chi connectivity index (χ1v) is 5.59. The van der Waals surface area contributed by atoms with Gasteiger partial charge in [-0.1, -0.05) is 27.5 Å². The second-order valence-electron chi connectivity index (χ2n) is 3.13. The number of aliphatic hydroxyl groups excluding tert-OH is 2. The van der Waals surface area contributed by atoms with Gasteiger partial charge in [-0.2, -0.15) is 0 Å². The maximum absolute atomic E-state index is 9.11. The van der Waals surface area contributed by atoms with Crippen molar-refractivity contribution < 1.29 is 14.9 Å². The molecule has 0 amide bonds. The largest absolute Gasteiger partial charge is 0.489 e. The van der Waals surface area contributed by atoms with Crippen molar-refractivity contribution >= 4 is 27.5 Å². The fraction of sp³-hybridized carbons (Fsp3) is 0.400. The Bertz CT molecular complexity index is 344. The van der Waals surface area contributed by atoms with Crippen LogP contribution >= 0.6 is 27.5 Å². The molecule has 3 nitrogen and oxygen atoms in total. The summed E-state index contributed by atoms with van der Waals surface area (Å²) >= 11 is 9.37. The molecule has 0 heterocycles. The molecule has 0 aromatic heterocycles. The molecule has 0 aliphatic rings. The number of aliphatic hydroxyl groups is 2. The third kappa shape index (κ3) is 3.34. The molecule has 0 fully saturated rings. The van der Waals surface area contributed by atoms with Gasteiger partial charge in [-0.3, -0.25) is 0 Å². The monoisotopic (exact) mass is 294 g/mol. The standard InChI is InChI=1S/C10H12BrClO3/c1-6-8(11)2-3-9(10(6)12)15-5-7(14)4-13/h2-3,7,13-14H,4-5H2,1H3/t7-/m1/s1. The van der Waals surface area contributed by atoms with E-state index in [2.05, 4.69) is 15.9 Å². The Hall–Kier alpha value is -0.290. The van der Waals surface area contributed by atoms with Crippen LogP contribution in [0.5, 0.6) is 5.75 Å². The van der Waals surface area contributed by atoms with E-state index in [9.17, 15) is 0 Å². The van der Waals surface area contributed by atoms with Crippen LogP contribution < -0.4 is 4.74 Å². The molecule has 0 spiro atoms. The SMILES string of the molecule is Cc1c(Br)ccc(OC[C@H](O)CO)c1Cl. The zero-order valence-corrected chi connectivity index (χ0v) is 10.5. The Kier molecular flexibility index (Phi) is 4.86. The van der Waals surface area contributed by atoms with E-state index in [1.54, 1.807) is 6.07 Å². The molecule has 0 aliphatic heterocycles. The highest BCUT2D eigenvalue weighted by atomic mass is 79.9. The van der Waals surface area contributed by atoms with Gasteiger partial charge < -0.3 is 14.9 Å².